The van der Waals surface area contributed by atoms with E-state index in [0.29, 0.717) is 12.0 Å². The molecule has 2 atom stereocenters. The van der Waals surface area contributed by atoms with Crippen molar-refractivity contribution >= 4 is 11.8 Å². The van der Waals surface area contributed by atoms with Crippen molar-refractivity contribution in [3.05, 3.63) is 0 Å². The molecule has 0 radical (unpaired) electrons. The second-order valence-electron chi connectivity index (χ2n) is 6.79. The Labute approximate surface area is 127 Å². The summed E-state index contributed by atoms with van der Waals surface area (Å²) in [4.78, 5) is 0. The van der Waals surface area contributed by atoms with Crippen LogP contribution in [0.5, 0.6) is 0 Å². The lowest BCUT2D eigenvalue weighted by Gasteiger charge is -2.53. The molecule has 1 N–H and O–H groups in total. The van der Waals surface area contributed by atoms with Crippen LogP contribution in [-0.4, -0.2) is 49.5 Å². The summed E-state index contributed by atoms with van der Waals surface area (Å²) in [7, 11) is 4.01. The molecule has 0 aromatic carbocycles. The van der Waals surface area contributed by atoms with Gasteiger partial charge in [-0.25, -0.2) is 0 Å². The van der Waals surface area contributed by atoms with Gasteiger partial charge in [0.25, 0.3) is 0 Å². The van der Waals surface area contributed by atoms with Gasteiger partial charge in [0.2, 0.25) is 0 Å². The van der Waals surface area contributed by atoms with Crippen LogP contribution < -0.4 is 5.32 Å². The van der Waals surface area contributed by atoms with Crippen molar-refractivity contribution in [3.63, 3.8) is 0 Å². The quantitative estimate of drug-likeness (QED) is 0.865. The molecule has 3 aliphatic rings. The van der Waals surface area contributed by atoms with Crippen LogP contribution in [0, 0.1) is 5.92 Å². The molecular weight excluding hydrogens is 270 g/mol. The van der Waals surface area contributed by atoms with Crippen molar-refractivity contribution in [3.8, 4) is 0 Å². The maximum atomic E-state index is 6.25. The van der Waals surface area contributed by atoms with Gasteiger partial charge in [-0.05, 0) is 69.4 Å². The van der Waals surface area contributed by atoms with Gasteiger partial charge in [0.15, 0.2) is 0 Å². The zero-order valence-electron chi connectivity index (χ0n) is 13.0. The second-order valence-corrected chi connectivity index (χ2v) is 8.01. The molecule has 3 nitrogen and oxygen atoms in total. The molecule has 2 aliphatic heterocycles. The van der Waals surface area contributed by atoms with Crippen LogP contribution in [0.2, 0.25) is 0 Å². The first-order valence-corrected chi connectivity index (χ1v) is 9.33. The van der Waals surface area contributed by atoms with Crippen LogP contribution in [0.3, 0.4) is 0 Å². The van der Waals surface area contributed by atoms with E-state index >= 15 is 0 Å². The first kappa shape index (κ1) is 15.1. The zero-order chi connectivity index (χ0) is 14.1. The van der Waals surface area contributed by atoms with E-state index in [1.165, 1.54) is 56.5 Å². The smallest absolute Gasteiger partial charge is 0.0833 e. The molecule has 0 aromatic heterocycles. The molecule has 1 saturated carbocycles. The van der Waals surface area contributed by atoms with Crippen molar-refractivity contribution in [1.82, 2.24) is 5.32 Å². The highest BCUT2D eigenvalue weighted by Crippen LogP contribution is 2.46. The molecule has 0 aromatic rings. The Bertz CT molecular complexity index is 315. The van der Waals surface area contributed by atoms with Gasteiger partial charge in [0.05, 0.1) is 11.2 Å². The zero-order valence-corrected chi connectivity index (χ0v) is 13.8. The Balaban J connectivity index is 1.71. The van der Waals surface area contributed by atoms with Gasteiger partial charge in [-0.3, -0.25) is 0 Å². The maximum Gasteiger partial charge on any atom is 0.0833 e. The minimum absolute atomic E-state index is 0.0986. The first-order valence-electron chi connectivity index (χ1n) is 8.18. The lowest BCUT2D eigenvalue weighted by molar-refractivity contribution is -0.149. The number of nitrogens with one attached hydrogen (secondary N) is 1. The molecule has 1 spiro atoms. The van der Waals surface area contributed by atoms with Gasteiger partial charge < -0.3 is 14.8 Å². The van der Waals surface area contributed by atoms with Crippen molar-refractivity contribution in [2.45, 2.75) is 62.2 Å². The third-order valence-electron chi connectivity index (χ3n) is 5.89. The third-order valence-corrected chi connectivity index (χ3v) is 6.88. The number of methoxy groups -OCH3 is 1. The molecule has 2 saturated heterocycles. The first-order chi connectivity index (χ1) is 9.74. The highest BCUT2D eigenvalue weighted by molar-refractivity contribution is 7.99. The average Bonchev–Trinajstić information content (AvgIpc) is 2.43. The number of hydrogen-bond donors (Lipinski definition) is 1. The van der Waals surface area contributed by atoms with E-state index in [-0.39, 0.29) is 11.2 Å². The summed E-state index contributed by atoms with van der Waals surface area (Å²) in [6.45, 7) is 0.938. The van der Waals surface area contributed by atoms with Gasteiger partial charge in [-0.1, -0.05) is 0 Å². The highest BCUT2D eigenvalue weighted by atomic mass is 32.2. The number of ether oxygens (including phenoxy) is 2. The van der Waals surface area contributed by atoms with E-state index in [4.69, 9.17) is 9.47 Å². The Morgan fingerprint density at radius 3 is 2.55 bits per heavy atom. The summed E-state index contributed by atoms with van der Waals surface area (Å²) < 4.78 is 12.2. The second kappa shape index (κ2) is 6.15. The fourth-order valence-corrected chi connectivity index (χ4v) is 5.77. The molecular formula is C16H29NO2S. The van der Waals surface area contributed by atoms with E-state index in [1.54, 1.807) is 0 Å². The molecule has 0 bridgehead atoms. The lowest BCUT2D eigenvalue weighted by Crippen LogP contribution is -2.61. The topological polar surface area (TPSA) is 30.5 Å². The van der Waals surface area contributed by atoms with E-state index in [9.17, 15) is 0 Å². The largest absolute Gasteiger partial charge is 0.377 e. The number of hydrogen-bond acceptors (Lipinski definition) is 4. The highest BCUT2D eigenvalue weighted by Gasteiger charge is 2.50. The van der Waals surface area contributed by atoms with Crippen LogP contribution in [0.4, 0.5) is 0 Å². The molecule has 2 heterocycles. The fourth-order valence-electron chi connectivity index (χ4n) is 4.54. The van der Waals surface area contributed by atoms with Gasteiger partial charge in [-0.15, -0.1) is 0 Å². The van der Waals surface area contributed by atoms with Crippen LogP contribution >= 0.6 is 11.8 Å². The van der Waals surface area contributed by atoms with Crippen molar-refractivity contribution in [2.24, 2.45) is 5.92 Å². The predicted octanol–water partition coefficient (Wildman–Crippen LogP) is 2.84. The fraction of sp³-hybridized carbons (Fsp3) is 1.00. The SMILES string of the molecule is CNC(C1CCOC2(CCSCC2)C1)C1(OC)CCC1. The normalized spacial score (nSPS) is 33.6. The minimum atomic E-state index is 0.0986. The summed E-state index contributed by atoms with van der Waals surface area (Å²) in [5.41, 5.74) is 0.281. The lowest BCUT2D eigenvalue weighted by atomic mass is 9.66. The monoisotopic (exact) mass is 299 g/mol. The summed E-state index contributed by atoms with van der Waals surface area (Å²) in [6, 6.07) is 0.497. The van der Waals surface area contributed by atoms with Gasteiger partial charge in [0, 0.05) is 19.8 Å². The predicted molar refractivity (Wildman–Crippen MR) is 84.4 cm³/mol. The summed E-state index contributed by atoms with van der Waals surface area (Å²) in [5.74, 6) is 3.25. The molecule has 4 heteroatoms. The number of likely N-dealkylation sites (N-methyl/N-ethyl adjacent to an activating group) is 1. The molecule has 0 amide bonds. The molecule has 3 fully saturated rings. The third kappa shape index (κ3) is 2.65. The standard InChI is InChI=1S/C16H29NO2S/c1-17-14(16(18-2)5-3-6-16)13-4-9-19-15(12-13)7-10-20-11-8-15/h13-14,17H,3-12H2,1-2H3. The van der Waals surface area contributed by atoms with Gasteiger partial charge in [-0.2, -0.15) is 11.8 Å². The van der Waals surface area contributed by atoms with E-state index in [1.807, 2.05) is 7.11 Å². The van der Waals surface area contributed by atoms with Crippen LogP contribution in [0.25, 0.3) is 0 Å². The van der Waals surface area contributed by atoms with E-state index in [0.717, 1.165) is 6.61 Å². The van der Waals surface area contributed by atoms with Crippen molar-refractivity contribution in [1.29, 1.82) is 0 Å². The van der Waals surface area contributed by atoms with Crippen LogP contribution in [0.15, 0.2) is 0 Å². The summed E-state index contributed by atoms with van der Waals surface area (Å²) in [6.07, 6.45) is 8.65. The van der Waals surface area contributed by atoms with Gasteiger partial charge in [0.1, 0.15) is 0 Å². The maximum absolute atomic E-state index is 6.25. The van der Waals surface area contributed by atoms with E-state index in [2.05, 4.69) is 24.1 Å². The molecule has 1 aliphatic carbocycles. The Morgan fingerprint density at radius 2 is 2.00 bits per heavy atom. The summed E-state index contributed by atoms with van der Waals surface area (Å²) >= 11 is 2.08. The Hall–Kier alpha value is 0.230. The summed E-state index contributed by atoms with van der Waals surface area (Å²) in [5, 5.41) is 3.60. The molecule has 20 heavy (non-hydrogen) atoms. The van der Waals surface area contributed by atoms with Crippen molar-refractivity contribution in [2.75, 3.05) is 32.3 Å². The number of rotatable bonds is 4. The molecule has 2 unspecified atom stereocenters. The van der Waals surface area contributed by atoms with E-state index < -0.39 is 0 Å². The Kier molecular flexibility index (Phi) is 4.66. The minimum Gasteiger partial charge on any atom is -0.377 e. The average molecular weight is 299 g/mol. The van der Waals surface area contributed by atoms with Crippen LogP contribution in [0.1, 0.15) is 44.9 Å². The molecule has 3 rings (SSSR count). The van der Waals surface area contributed by atoms with Gasteiger partial charge >= 0.3 is 0 Å². The Morgan fingerprint density at radius 1 is 1.25 bits per heavy atom. The van der Waals surface area contributed by atoms with Crippen molar-refractivity contribution < 1.29 is 9.47 Å². The van der Waals surface area contributed by atoms with Crippen LogP contribution in [-0.2, 0) is 9.47 Å². The molecule has 116 valence electrons. The number of thioether (sulfide) groups is 1.